The minimum Gasteiger partial charge on any atom is -0.357 e. The molecule has 3 N–H and O–H groups in total. The molecule has 0 saturated carbocycles. The van der Waals surface area contributed by atoms with Crippen LogP contribution in [0, 0.1) is 5.92 Å². The van der Waals surface area contributed by atoms with Crippen molar-refractivity contribution in [3.05, 3.63) is 71.0 Å². The van der Waals surface area contributed by atoms with Gasteiger partial charge in [0, 0.05) is 36.8 Å². The number of benzene rings is 1. The normalized spacial score (nSPS) is 22.8. The lowest BCUT2D eigenvalue weighted by Gasteiger charge is -2.22. The number of H-pyrrole nitrogens is 1. The van der Waals surface area contributed by atoms with Crippen LogP contribution in [0.5, 0.6) is 0 Å². The fourth-order valence-electron chi connectivity index (χ4n) is 4.73. The van der Waals surface area contributed by atoms with Crippen LogP contribution in [0.4, 0.5) is 0 Å². The fourth-order valence-corrected chi connectivity index (χ4v) is 4.73. The lowest BCUT2D eigenvalue weighted by atomic mass is 9.93. The summed E-state index contributed by atoms with van der Waals surface area (Å²) in [6, 6.07) is 9.67. The van der Waals surface area contributed by atoms with Gasteiger partial charge in [-0.1, -0.05) is 18.2 Å². The van der Waals surface area contributed by atoms with Gasteiger partial charge >= 0.3 is 0 Å². The zero-order chi connectivity index (χ0) is 22.2. The van der Waals surface area contributed by atoms with Gasteiger partial charge in [-0.05, 0) is 66.3 Å². The maximum Gasteiger partial charge on any atom is 0.246 e. The van der Waals surface area contributed by atoms with Gasteiger partial charge in [-0.15, -0.1) is 12.4 Å². The topological polar surface area (TPSA) is 89.6 Å². The van der Waals surface area contributed by atoms with Gasteiger partial charge in [0.2, 0.25) is 5.91 Å². The zero-order valence-corrected chi connectivity index (χ0v) is 19.5. The van der Waals surface area contributed by atoms with Gasteiger partial charge in [0.15, 0.2) is 5.78 Å². The van der Waals surface area contributed by atoms with Crippen molar-refractivity contribution in [1.82, 2.24) is 20.6 Å². The highest BCUT2D eigenvalue weighted by atomic mass is 35.5. The van der Waals surface area contributed by atoms with E-state index in [0.29, 0.717) is 0 Å². The molecule has 8 heteroatoms. The minimum absolute atomic E-state index is 0. The molecule has 1 aromatic heterocycles. The van der Waals surface area contributed by atoms with Crippen LogP contribution in [0.3, 0.4) is 0 Å². The number of carbonyl (C=O) groups excluding carboxylic acids is 2. The first-order chi connectivity index (χ1) is 15.5. The molecule has 33 heavy (non-hydrogen) atoms. The Morgan fingerprint density at radius 1 is 1.30 bits per heavy atom. The van der Waals surface area contributed by atoms with Gasteiger partial charge in [0.1, 0.15) is 6.04 Å². The average molecular weight is 466 g/mol. The summed E-state index contributed by atoms with van der Waals surface area (Å²) in [5.41, 5.74) is 7.96. The Morgan fingerprint density at radius 3 is 2.94 bits per heavy atom. The maximum absolute atomic E-state index is 12.9. The van der Waals surface area contributed by atoms with Crippen molar-refractivity contribution in [2.45, 2.75) is 25.4 Å². The molecule has 1 amide bonds. The monoisotopic (exact) mass is 465 g/mol. The molecule has 3 atom stereocenters. The number of nitrogens with one attached hydrogen (secondary N) is 3. The van der Waals surface area contributed by atoms with Crippen molar-refractivity contribution in [3.8, 4) is 0 Å². The predicted molar refractivity (Wildman–Crippen MR) is 132 cm³/mol. The van der Waals surface area contributed by atoms with Crippen LogP contribution in [0.2, 0.25) is 0 Å². The zero-order valence-electron chi connectivity index (χ0n) is 18.7. The molecule has 2 aliphatic heterocycles. The van der Waals surface area contributed by atoms with Crippen molar-refractivity contribution >= 4 is 41.2 Å². The molecule has 3 heterocycles. The molecular weight excluding hydrogens is 438 g/mol. The molecule has 1 fully saturated rings. The number of fused-ring (bicyclic) bond motifs is 3. The van der Waals surface area contributed by atoms with E-state index in [0.717, 1.165) is 52.8 Å². The Hall–Kier alpha value is -3.16. The molecule has 0 bridgehead atoms. The van der Waals surface area contributed by atoms with E-state index < -0.39 is 6.04 Å². The number of piperidine rings is 1. The number of hydrogen-bond donors (Lipinski definition) is 3. The third-order valence-electron chi connectivity index (χ3n) is 6.74. The number of aromatic nitrogens is 1. The number of aromatic amines is 1. The van der Waals surface area contributed by atoms with Gasteiger partial charge in [-0.2, -0.15) is 5.10 Å². The lowest BCUT2D eigenvalue weighted by Crippen LogP contribution is -2.36. The second-order valence-electron chi connectivity index (χ2n) is 8.64. The highest BCUT2D eigenvalue weighted by molar-refractivity contribution is 5.99. The minimum atomic E-state index is -0.391. The van der Waals surface area contributed by atoms with E-state index in [1.807, 2.05) is 31.2 Å². The Bertz CT molecular complexity index is 1180. The number of halogens is 1. The van der Waals surface area contributed by atoms with E-state index in [4.69, 9.17) is 0 Å². The predicted octanol–water partition coefficient (Wildman–Crippen LogP) is 3.04. The second kappa shape index (κ2) is 9.37. The number of rotatable bonds is 4. The third kappa shape index (κ3) is 4.26. The van der Waals surface area contributed by atoms with Crippen LogP contribution in [0.1, 0.15) is 25.1 Å². The van der Waals surface area contributed by atoms with Gasteiger partial charge in [0.25, 0.3) is 0 Å². The molecule has 1 saturated heterocycles. The van der Waals surface area contributed by atoms with Crippen LogP contribution in [-0.2, 0) is 9.59 Å². The number of amides is 1. The fraction of sp³-hybridized carbons (Fsp3) is 0.320. The van der Waals surface area contributed by atoms with Crippen LogP contribution >= 0.6 is 12.4 Å². The van der Waals surface area contributed by atoms with Gasteiger partial charge in [-0.25, -0.2) is 0 Å². The van der Waals surface area contributed by atoms with Gasteiger partial charge < -0.3 is 15.2 Å². The first-order valence-electron chi connectivity index (χ1n) is 11.0. The standard InChI is InChI=1S/C25H27N5O2.ClH/c1-15(22-12-17-5-3-4-6-21(17)28-22)30(2)23(31)8-7-16-11-19-20-14-26-10-9-18(20)25(32)24(19)29-27-13-16;/h3-8,11-13,15,18,24,26,28-29H,9-10,14H2,1-2H3;1H/b8-7+;/t15?,18?,24-;/m0./s1. The van der Waals surface area contributed by atoms with Crippen LogP contribution in [-0.4, -0.2) is 54.0 Å². The number of para-hydroxylation sites is 1. The molecule has 0 radical (unpaired) electrons. The lowest BCUT2D eigenvalue weighted by molar-refractivity contribution is -0.126. The summed E-state index contributed by atoms with van der Waals surface area (Å²) >= 11 is 0. The Morgan fingerprint density at radius 2 is 2.12 bits per heavy atom. The van der Waals surface area contributed by atoms with Gasteiger partial charge in [-0.3, -0.25) is 15.0 Å². The molecular formula is C25H28ClN5O2. The number of nitrogens with zero attached hydrogens (tertiary/aromatic N) is 2. The molecule has 2 aromatic rings. The molecule has 1 aliphatic carbocycles. The van der Waals surface area contributed by atoms with E-state index in [1.165, 1.54) is 0 Å². The summed E-state index contributed by atoms with van der Waals surface area (Å²) in [6.45, 7) is 3.58. The second-order valence-corrected chi connectivity index (χ2v) is 8.64. The smallest absolute Gasteiger partial charge is 0.246 e. The first kappa shape index (κ1) is 23.0. The summed E-state index contributed by atoms with van der Waals surface area (Å²) in [5.74, 6) is 0.0677. The molecule has 2 unspecified atom stereocenters. The van der Waals surface area contributed by atoms with E-state index in [1.54, 1.807) is 30.3 Å². The number of hydrazone groups is 1. The summed E-state index contributed by atoms with van der Waals surface area (Å²) in [4.78, 5) is 30.7. The Balaban J connectivity index is 0.00000259. The van der Waals surface area contributed by atoms with E-state index in [-0.39, 0.29) is 36.1 Å². The third-order valence-corrected chi connectivity index (χ3v) is 6.74. The number of likely N-dealkylation sites (N-methyl/N-ethyl adjacent to an activating group) is 1. The Kier molecular flexibility index (Phi) is 6.54. The molecule has 1 aromatic carbocycles. The maximum atomic E-state index is 12.9. The van der Waals surface area contributed by atoms with Gasteiger partial charge in [0.05, 0.1) is 12.3 Å². The molecule has 5 rings (SSSR count). The average Bonchev–Trinajstić information content (AvgIpc) is 3.27. The number of carbonyl (C=O) groups is 2. The first-order valence-corrected chi connectivity index (χ1v) is 11.0. The Labute approximate surface area is 199 Å². The van der Waals surface area contributed by atoms with Crippen molar-refractivity contribution < 1.29 is 9.59 Å². The molecule has 3 aliphatic rings. The van der Waals surface area contributed by atoms with E-state index in [9.17, 15) is 9.59 Å². The molecule has 172 valence electrons. The largest absolute Gasteiger partial charge is 0.357 e. The SMILES string of the molecule is CC(c1cc2ccccc2[nH]1)N(C)C(=O)/C=C/C1=CC2=C3CNCCC3C(=O)[C@H]2NN=C1.Cl. The van der Waals surface area contributed by atoms with Crippen molar-refractivity contribution in [3.63, 3.8) is 0 Å². The number of ketones is 1. The highest BCUT2D eigenvalue weighted by Gasteiger charge is 2.41. The number of allylic oxidation sites excluding steroid dienone is 2. The van der Waals surface area contributed by atoms with Crippen LogP contribution in [0.25, 0.3) is 10.9 Å². The summed E-state index contributed by atoms with van der Waals surface area (Å²) < 4.78 is 0. The van der Waals surface area contributed by atoms with Crippen molar-refractivity contribution in [1.29, 1.82) is 0 Å². The quantitative estimate of drug-likeness (QED) is 0.605. The van der Waals surface area contributed by atoms with Crippen LogP contribution < -0.4 is 10.7 Å². The van der Waals surface area contributed by atoms with E-state index >= 15 is 0 Å². The van der Waals surface area contributed by atoms with Crippen LogP contribution in [0.15, 0.2) is 70.4 Å². The summed E-state index contributed by atoms with van der Waals surface area (Å²) in [7, 11) is 1.80. The number of hydrogen-bond acceptors (Lipinski definition) is 5. The summed E-state index contributed by atoms with van der Waals surface area (Å²) in [6.07, 6.45) is 7.81. The molecule has 7 nitrogen and oxygen atoms in total. The number of Topliss-reactive ketones (excluding diaryl/α,β-unsaturated/α-hetero) is 1. The summed E-state index contributed by atoms with van der Waals surface area (Å²) in [5, 5.41) is 8.72. The van der Waals surface area contributed by atoms with Crippen molar-refractivity contribution in [2.24, 2.45) is 11.0 Å². The van der Waals surface area contributed by atoms with Crippen molar-refractivity contribution in [2.75, 3.05) is 20.1 Å². The highest BCUT2D eigenvalue weighted by Crippen LogP contribution is 2.35. The molecule has 0 spiro atoms. The van der Waals surface area contributed by atoms with E-state index in [2.05, 4.69) is 33.0 Å².